The molecule has 7 heteroatoms. The highest BCUT2D eigenvalue weighted by atomic mass is 19.4. The zero-order valence-electron chi connectivity index (χ0n) is 9.42. The van der Waals surface area contributed by atoms with Gasteiger partial charge in [-0.25, -0.2) is 4.98 Å². The fourth-order valence-corrected chi connectivity index (χ4v) is 1.47. The molecule has 0 unspecified atom stereocenters. The number of halogens is 3. The number of hydrogen-bond acceptors (Lipinski definition) is 3. The molecule has 0 radical (unpaired) electrons. The molecular weight excluding hydrogens is 247 g/mol. The van der Waals surface area contributed by atoms with E-state index in [9.17, 15) is 13.2 Å². The number of rotatable bonds is 5. The second-order valence-corrected chi connectivity index (χ2v) is 3.70. The van der Waals surface area contributed by atoms with Gasteiger partial charge in [0.1, 0.15) is 6.61 Å². The van der Waals surface area contributed by atoms with Crippen LogP contribution in [0.5, 0.6) is 0 Å². The second-order valence-electron chi connectivity index (χ2n) is 3.70. The molecule has 0 aliphatic carbocycles. The average Bonchev–Trinajstić information content (AvgIpc) is 2.69. The number of anilines is 1. The minimum absolute atomic E-state index is 0.0312. The minimum atomic E-state index is -4.28. The van der Waals surface area contributed by atoms with E-state index in [1.165, 1.54) is 0 Å². The van der Waals surface area contributed by atoms with Crippen LogP contribution in [-0.4, -0.2) is 35.9 Å². The smallest absolute Gasteiger partial charge is 0.370 e. The molecule has 1 aromatic heterocycles. The van der Waals surface area contributed by atoms with Crippen LogP contribution in [0.15, 0.2) is 24.3 Å². The van der Waals surface area contributed by atoms with Gasteiger partial charge in [0, 0.05) is 6.54 Å². The van der Waals surface area contributed by atoms with Crippen LogP contribution in [0.3, 0.4) is 0 Å². The zero-order valence-corrected chi connectivity index (χ0v) is 9.42. The molecule has 0 saturated heterocycles. The molecular formula is C11H12F3N3O. The number of nitrogens with zero attached hydrogens (tertiary/aromatic N) is 1. The maximum Gasteiger partial charge on any atom is 0.411 e. The first-order valence-corrected chi connectivity index (χ1v) is 5.38. The second kappa shape index (κ2) is 5.26. The van der Waals surface area contributed by atoms with Gasteiger partial charge in [-0.2, -0.15) is 13.2 Å². The van der Waals surface area contributed by atoms with E-state index in [0.29, 0.717) is 5.95 Å². The predicted octanol–water partition coefficient (Wildman–Crippen LogP) is 2.55. The highest BCUT2D eigenvalue weighted by Crippen LogP contribution is 2.14. The Kier molecular flexibility index (Phi) is 3.71. The number of aromatic nitrogens is 2. The first-order chi connectivity index (χ1) is 8.54. The van der Waals surface area contributed by atoms with E-state index in [4.69, 9.17) is 0 Å². The van der Waals surface area contributed by atoms with E-state index < -0.39 is 12.8 Å². The Balaban J connectivity index is 1.77. The summed E-state index contributed by atoms with van der Waals surface area (Å²) < 4.78 is 39.8. The predicted molar refractivity (Wildman–Crippen MR) is 61.5 cm³/mol. The van der Waals surface area contributed by atoms with Crippen LogP contribution in [-0.2, 0) is 4.74 Å². The SMILES string of the molecule is FC(F)(F)COCCNc1nc2ccccc2[nH]1. The van der Waals surface area contributed by atoms with Gasteiger partial charge in [-0.1, -0.05) is 12.1 Å². The van der Waals surface area contributed by atoms with Crippen LogP contribution < -0.4 is 5.32 Å². The lowest BCUT2D eigenvalue weighted by Gasteiger charge is -2.07. The minimum Gasteiger partial charge on any atom is -0.370 e. The van der Waals surface area contributed by atoms with Gasteiger partial charge in [-0.15, -0.1) is 0 Å². The number of aromatic amines is 1. The topological polar surface area (TPSA) is 49.9 Å². The molecule has 0 bridgehead atoms. The maximum absolute atomic E-state index is 11.8. The number of imidazole rings is 1. The molecule has 0 spiro atoms. The van der Waals surface area contributed by atoms with E-state index in [-0.39, 0.29) is 13.2 Å². The van der Waals surface area contributed by atoms with Crippen LogP contribution in [0, 0.1) is 0 Å². The Morgan fingerprint density at radius 3 is 2.78 bits per heavy atom. The summed E-state index contributed by atoms with van der Waals surface area (Å²) >= 11 is 0. The van der Waals surface area contributed by atoms with E-state index in [0.717, 1.165) is 11.0 Å². The Morgan fingerprint density at radius 1 is 1.28 bits per heavy atom. The molecule has 0 fully saturated rings. The number of alkyl halides is 3. The van der Waals surface area contributed by atoms with Crippen molar-refractivity contribution < 1.29 is 17.9 Å². The average molecular weight is 259 g/mol. The molecule has 4 nitrogen and oxygen atoms in total. The van der Waals surface area contributed by atoms with Gasteiger partial charge < -0.3 is 15.0 Å². The third kappa shape index (κ3) is 3.63. The van der Waals surface area contributed by atoms with Crippen LogP contribution in [0.1, 0.15) is 0 Å². The first-order valence-electron chi connectivity index (χ1n) is 5.38. The molecule has 2 N–H and O–H groups in total. The summed E-state index contributed by atoms with van der Waals surface area (Å²) in [6.07, 6.45) is -4.28. The van der Waals surface area contributed by atoms with Gasteiger partial charge in [0.2, 0.25) is 5.95 Å². The van der Waals surface area contributed by atoms with E-state index in [1.807, 2.05) is 24.3 Å². The fraction of sp³-hybridized carbons (Fsp3) is 0.364. The standard InChI is InChI=1S/C11H12F3N3O/c12-11(13,14)7-18-6-5-15-10-16-8-3-1-2-4-9(8)17-10/h1-4H,5-7H2,(H2,15,16,17). The van der Waals surface area contributed by atoms with Crippen molar-refractivity contribution in [1.82, 2.24) is 9.97 Å². The van der Waals surface area contributed by atoms with Crippen molar-refractivity contribution in [3.63, 3.8) is 0 Å². The number of hydrogen-bond donors (Lipinski definition) is 2. The molecule has 1 aromatic carbocycles. The number of benzene rings is 1. The normalized spacial score (nSPS) is 11.9. The van der Waals surface area contributed by atoms with Crippen molar-refractivity contribution in [3.8, 4) is 0 Å². The third-order valence-electron chi connectivity index (χ3n) is 2.19. The number of fused-ring (bicyclic) bond motifs is 1. The van der Waals surface area contributed by atoms with Gasteiger partial charge in [-0.05, 0) is 12.1 Å². The molecule has 0 amide bonds. The van der Waals surface area contributed by atoms with Gasteiger partial charge in [0.25, 0.3) is 0 Å². The fourth-order valence-electron chi connectivity index (χ4n) is 1.47. The lowest BCUT2D eigenvalue weighted by atomic mass is 10.3. The van der Waals surface area contributed by atoms with Crippen LogP contribution in [0.25, 0.3) is 11.0 Å². The number of nitrogens with one attached hydrogen (secondary N) is 2. The quantitative estimate of drug-likeness (QED) is 0.811. The van der Waals surface area contributed by atoms with Gasteiger partial charge in [0.15, 0.2) is 0 Å². The summed E-state index contributed by atoms with van der Waals surface area (Å²) in [5.74, 6) is 0.520. The third-order valence-corrected chi connectivity index (χ3v) is 2.19. The van der Waals surface area contributed by atoms with E-state index >= 15 is 0 Å². The molecule has 1 heterocycles. The van der Waals surface area contributed by atoms with Gasteiger partial charge >= 0.3 is 6.18 Å². The summed E-state index contributed by atoms with van der Waals surface area (Å²) in [5, 5.41) is 2.86. The molecule has 0 atom stereocenters. The Morgan fingerprint density at radius 2 is 2.06 bits per heavy atom. The van der Waals surface area contributed by atoms with Crippen molar-refractivity contribution in [1.29, 1.82) is 0 Å². The summed E-state index contributed by atoms with van der Waals surface area (Å²) in [4.78, 5) is 7.22. The van der Waals surface area contributed by atoms with Crippen molar-refractivity contribution in [2.75, 3.05) is 25.1 Å². The van der Waals surface area contributed by atoms with Crippen molar-refractivity contribution in [3.05, 3.63) is 24.3 Å². The molecule has 98 valence electrons. The summed E-state index contributed by atoms with van der Waals surface area (Å²) in [6, 6.07) is 7.45. The largest absolute Gasteiger partial charge is 0.411 e. The molecule has 0 saturated carbocycles. The summed E-state index contributed by atoms with van der Waals surface area (Å²) in [6.45, 7) is -0.999. The highest BCUT2D eigenvalue weighted by molar-refractivity contribution is 5.77. The van der Waals surface area contributed by atoms with Crippen LogP contribution in [0.4, 0.5) is 19.1 Å². The Hall–Kier alpha value is -1.76. The molecule has 0 aliphatic heterocycles. The van der Waals surface area contributed by atoms with Crippen LogP contribution >= 0.6 is 0 Å². The van der Waals surface area contributed by atoms with Crippen molar-refractivity contribution in [2.24, 2.45) is 0 Å². The molecule has 18 heavy (non-hydrogen) atoms. The lowest BCUT2D eigenvalue weighted by molar-refractivity contribution is -0.172. The van der Waals surface area contributed by atoms with Crippen molar-refractivity contribution in [2.45, 2.75) is 6.18 Å². The maximum atomic E-state index is 11.8. The van der Waals surface area contributed by atoms with E-state index in [2.05, 4.69) is 20.0 Å². The Bertz CT molecular complexity index is 476. The number of ether oxygens (including phenoxy) is 1. The lowest BCUT2D eigenvalue weighted by Crippen LogP contribution is -2.20. The summed E-state index contributed by atoms with van der Waals surface area (Å²) in [7, 11) is 0. The monoisotopic (exact) mass is 259 g/mol. The van der Waals surface area contributed by atoms with Gasteiger partial charge in [0.05, 0.1) is 17.6 Å². The Labute approximate surface area is 101 Å². The summed E-state index contributed by atoms with van der Waals surface area (Å²) in [5.41, 5.74) is 1.67. The first kappa shape index (κ1) is 12.7. The number of para-hydroxylation sites is 2. The van der Waals surface area contributed by atoms with Crippen molar-refractivity contribution >= 4 is 17.0 Å². The highest BCUT2D eigenvalue weighted by Gasteiger charge is 2.27. The number of H-pyrrole nitrogens is 1. The molecule has 2 aromatic rings. The van der Waals surface area contributed by atoms with E-state index in [1.54, 1.807) is 0 Å². The van der Waals surface area contributed by atoms with Crippen LogP contribution in [0.2, 0.25) is 0 Å². The van der Waals surface area contributed by atoms with Gasteiger partial charge in [-0.3, -0.25) is 0 Å². The zero-order chi connectivity index (χ0) is 13.0. The molecule has 0 aliphatic rings. The molecule has 2 rings (SSSR count).